The Hall–Kier alpha value is -2.33. The number of H-pyrrole nitrogens is 1. The fourth-order valence-electron chi connectivity index (χ4n) is 2.62. The topological polar surface area (TPSA) is 112 Å². The number of aliphatic hydroxyl groups is 1. The minimum absolute atomic E-state index is 0.111. The second-order valence-electron chi connectivity index (χ2n) is 5.54. The van der Waals surface area contributed by atoms with Crippen LogP contribution in [0.25, 0.3) is 6.08 Å². The Labute approximate surface area is 158 Å². The minimum atomic E-state index is -0.139. The number of aromatic amines is 1. The van der Waals surface area contributed by atoms with Gasteiger partial charge in [0, 0.05) is 33.0 Å². The van der Waals surface area contributed by atoms with Crippen molar-refractivity contribution >= 4 is 34.5 Å². The summed E-state index contributed by atoms with van der Waals surface area (Å²) in [4.78, 5) is 3.16. The number of hydrogen-bond donors (Lipinski definition) is 4. The number of rotatable bonds is 5. The fourth-order valence-corrected chi connectivity index (χ4v) is 3.37. The lowest BCUT2D eigenvalue weighted by Gasteiger charge is -2.27. The zero-order chi connectivity index (χ0) is 19.1. The van der Waals surface area contributed by atoms with Crippen molar-refractivity contribution in [1.29, 1.82) is 5.26 Å². The van der Waals surface area contributed by atoms with Gasteiger partial charge in [-0.2, -0.15) is 0 Å². The lowest BCUT2D eigenvalue weighted by molar-refractivity contribution is 0.428. The summed E-state index contributed by atoms with van der Waals surface area (Å²) in [7, 11) is 0. The molecule has 0 amide bonds. The lowest BCUT2D eigenvalue weighted by Crippen LogP contribution is -2.28. The molecule has 0 bridgehead atoms. The van der Waals surface area contributed by atoms with Gasteiger partial charge in [0.2, 0.25) is 0 Å². The van der Waals surface area contributed by atoms with Gasteiger partial charge in [-0.05, 0) is 34.0 Å². The summed E-state index contributed by atoms with van der Waals surface area (Å²) in [5.41, 5.74) is 14.5. The Morgan fingerprint density at radius 2 is 2.08 bits per heavy atom. The Morgan fingerprint density at radius 1 is 1.48 bits per heavy atom. The van der Waals surface area contributed by atoms with Crippen molar-refractivity contribution in [1.82, 2.24) is 4.98 Å². The fraction of sp³-hybridized carbons (Fsp3) is 0.278. The molecule has 0 aliphatic carbocycles. The van der Waals surface area contributed by atoms with Crippen LogP contribution in [0.5, 0.6) is 0 Å². The second-order valence-corrected chi connectivity index (χ2v) is 6.33. The molecule has 132 valence electrons. The highest BCUT2D eigenvalue weighted by atomic mass is 79.9. The van der Waals surface area contributed by atoms with Gasteiger partial charge in [0.1, 0.15) is 11.6 Å². The van der Waals surface area contributed by atoms with E-state index in [1.807, 2.05) is 13.8 Å². The van der Waals surface area contributed by atoms with E-state index in [9.17, 15) is 5.11 Å². The maximum Gasteiger partial charge on any atom is 0.269 e. The zero-order valence-corrected chi connectivity index (χ0v) is 16.2. The van der Waals surface area contributed by atoms with Gasteiger partial charge in [-0.15, -0.1) is 0 Å². The van der Waals surface area contributed by atoms with Crippen LogP contribution in [-0.4, -0.2) is 16.8 Å². The van der Waals surface area contributed by atoms with E-state index < -0.39 is 0 Å². The van der Waals surface area contributed by atoms with Crippen LogP contribution in [0.3, 0.4) is 0 Å². The molecule has 1 aliphatic heterocycles. The van der Waals surface area contributed by atoms with Crippen molar-refractivity contribution in [2.75, 3.05) is 5.73 Å². The number of nitrogens with two attached hydrogens (primary N) is 2. The third-order valence-corrected chi connectivity index (χ3v) is 4.82. The molecule has 0 saturated carbocycles. The van der Waals surface area contributed by atoms with Gasteiger partial charge in [0.25, 0.3) is 6.71 Å². The number of nitrogens with one attached hydrogen (secondary N) is 1. The van der Waals surface area contributed by atoms with Crippen molar-refractivity contribution in [2.45, 2.75) is 32.4 Å². The molecule has 0 aromatic carbocycles. The summed E-state index contributed by atoms with van der Waals surface area (Å²) in [5.74, 6) is 2.90. The van der Waals surface area contributed by atoms with Crippen LogP contribution in [0.2, 0.25) is 12.6 Å². The van der Waals surface area contributed by atoms with Crippen LogP contribution in [0.4, 0.5) is 5.82 Å². The molecule has 7 heteroatoms. The Kier molecular flexibility index (Phi) is 7.65. The monoisotopic (exact) mass is 402 g/mol. The average Bonchev–Trinajstić information content (AvgIpc) is 2.81. The van der Waals surface area contributed by atoms with Crippen molar-refractivity contribution in [3.63, 3.8) is 0 Å². The summed E-state index contributed by atoms with van der Waals surface area (Å²) in [6, 6.07) is 0. The highest BCUT2D eigenvalue weighted by Gasteiger charge is 2.36. The zero-order valence-electron chi connectivity index (χ0n) is 14.6. The van der Waals surface area contributed by atoms with E-state index in [0.717, 1.165) is 22.8 Å². The molecule has 0 radical (unpaired) electrons. The van der Waals surface area contributed by atoms with E-state index in [4.69, 9.17) is 16.7 Å². The van der Waals surface area contributed by atoms with Gasteiger partial charge >= 0.3 is 0 Å². The van der Waals surface area contributed by atoms with E-state index >= 15 is 0 Å². The SMILES string of the molecule is C=C/C=C(C(=C)O)/C(N)=C/c1c(N)[nH]c(C2CB(C#N)C2)c1Br.CC. The van der Waals surface area contributed by atoms with Crippen LogP contribution in [0, 0.1) is 11.2 Å². The van der Waals surface area contributed by atoms with Crippen LogP contribution in [0.15, 0.2) is 46.8 Å². The first-order valence-corrected chi connectivity index (χ1v) is 8.93. The van der Waals surface area contributed by atoms with E-state index in [-0.39, 0.29) is 18.4 Å². The first kappa shape index (κ1) is 20.7. The molecule has 0 unspecified atom stereocenters. The highest BCUT2D eigenvalue weighted by Crippen LogP contribution is 2.43. The summed E-state index contributed by atoms with van der Waals surface area (Å²) >= 11 is 3.55. The number of hydrogen-bond acceptors (Lipinski definition) is 4. The maximum absolute atomic E-state index is 9.61. The molecule has 0 spiro atoms. The van der Waals surface area contributed by atoms with Gasteiger partial charge in [0.15, 0.2) is 0 Å². The van der Waals surface area contributed by atoms with Gasteiger partial charge < -0.3 is 21.6 Å². The number of nitrogens with zero attached hydrogens (tertiary/aromatic N) is 1. The van der Waals surface area contributed by atoms with Gasteiger partial charge in [-0.1, -0.05) is 45.7 Å². The van der Waals surface area contributed by atoms with Crippen LogP contribution < -0.4 is 11.5 Å². The molecule has 1 fully saturated rings. The molecule has 2 heterocycles. The molecular formula is C18H24BBrN4O. The quantitative estimate of drug-likeness (QED) is 0.329. The summed E-state index contributed by atoms with van der Waals surface area (Å²) in [5, 5.41) is 18.5. The van der Waals surface area contributed by atoms with Crippen molar-refractivity contribution < 1.29 is 5.11 Å². The van der Waals surface area contributed by atoms with Crippen LogP contribution >= 0.6 is 15.9 Å². The molecule has 1 aromatic rings. The Balaban J connectivity index is 0.00000151. The van der Waals surface area contributed by atoms with Crippen molar-refractivity contribution in [3.05, 3.63) is 58.1 Å². The molecule has 1 aromatic heterocycles. The van der Waals surface area contributed by atoms with Crippen molar-refractivity contribution in [3.8, 4) is 5.97 Å². The van der Waals surface area contributed by atoms with Gasteiger partial charge in [-0.25, -0.2) is 5.26 Å². The van der Waals surface area contributed by atoms with Gasteiger partial charge in [0.05, 0.1) is 0 Å². The third-order valence-electron chi connectivity index (χ3n) is 3.97. The normalized spacial score (nSPS) is 14.9. The second kappa shape index (κ2) is 9.23. The molecule has 5 nitrogen and oxygen atoms in total. The number of anilines is 1. The number of aliphatic hydroxyl groups excluding tert-OH is 1. The minimum Gasteiger partial charge on any atom is -0.508 e. The first-order valence-electron chi connectivity index (χ1n) is 8.14. The van der Waals surface area contributed by atoms with E-state index in [0.29, 0.717) is 22.7 Å². The standard InChI is InChI=1S/C16H18BBrN4O.C2H6/c1-3-4-11(9(2)23)13(20)5-12-14(18)15(22-16(12)21)10-6-17(7-10)8-19;1-2/h3-5,10,22-23H,1-2,6-7,20-21H2;1-2H3/b11-4+,13-5-;. The van der Waals surface area contributed by atoms with Crippen LogP contribution in [0.1, 0.15) is 31.0 Å². The first-order chi connectivity index (χ1) is 11.9. The molecule has 1 aliphatic rings. The summed E-state index contributed by atoms with van der Waals surface area (Å²) in [6.45, 7) is 11.2. The number of nitriles is 1. The van der Waals surface area contributed by atoms with E-state index in [2.05, 4.69) is 40.0 Å². The highest BCUT2D eigenvalue weighted by molar-refractivity contribution is 9.10. The summed E-state index contributed by atoms with van der Waals surface area (Å²) < 4.78 is 0.834. The maximum atomic E-state index is 9.61. The largest absolute Gasteiger partial charge is 0.508 e. The molecular weight excluding hydrogens is 379 g/mol. The smallest absolute Gasteiger partial charge is 0.269 e. The molecule has 0 atom stereocenters. The van der Waals surface area contributed by atoms with Crippen molar-refractivity contribution in [2.24, 2.45) is 5.73 Å². The van der Waals surface area contributed by atoms with E-state index in [1.54, 1.807) is 12.2 Å². The predicted molar refractivity (Wildman–Crippen MR) is 110 cm³/mol. The van der Waals surface area contributed by atoms with Gasteiger partial charge in [-0.3, -0.25) is 0 Å². The lowest BCUT2D eigenvalue weighted by atomic mass is 9.32. The Bertz CT molecular complexity index is 752. The van der Waals surface area contributed by atoms with Crippen LogP contribution in [-0.2, 0) is 0 Å². The predicted octanol–water partition coefficient (Wildman–Crippen LogP) is 4.52. The number of allylic oxidation sites excluding steroid dienone is 2. The average molecular weight is 403 g/mol. The molecule has 25 heavy (non-hydrogen) atoms. The number of halogens is 1. The Morgan fingerprint density at radius 3 is 2.56 bits per heavy atom. The van der Waals surface area contributed by atoms with E-state index in [1.165, 1.54) is 6.08 Å². The third kappa shape index (κ3) is 4.61. The summed E-state index contributed by atoms with van der Waals surface area (Å²) in [6.07, 6.45) is 6.42. The molecule has 1 saturated heterocycles. The molecule has 2 rings (SSSR count). The number of aromatic nitrogens is 1. The molecule has 6 N–H and O–H groups in total. The number of nitrogen functional groups attached to an aromatic ring is 1.